The molecule has 0 radical (unpaired) electrons. The quantitative estimate of drug-likeness (QED) is 0.603. The highest BCUT2D eigenvalue weighted by atomic mass is 35.5. The Kier molecular flexibility index (Phi) is 6.46. The van der Waals surface area contributed by atoms with Gasteiger partial charge in [-0.25, -0.2) is 9.37 Å². The lowest BCUT2D eigenvalue weighted by Crippen LogP contribution is -2.06. The molecule has 10 heteroatoms. The molecule has 27 heavy (non-hydrogen) atoms. The van der Waals surface area contributed by atoms with E-state index in [-0.39, 0.29) is 41.6 Å². The number of hydrogen-bond donors (Lipinski definition) is 1. The van der Waals surface area contributed by atoms with Crippen LogP contribution in [0.3, 0.4) is 0 Å². The van der Waals surface area contributed by atoms with E-state index in [1.807, 2.05) is 0 Å². The van der Waals surface area contributed by atoms with Gasteiger partial charge in [-0.1, -0.05) is 11.6 Å². The van der Waals surface area contributed by atoms with E-state index in [9.17, 15) is 17.6 Å². The second kappa shape index (κ2) is 8.24. The number of halogens is 6. The summed E-state index contributed by atoms with van der Waals surface area (Å²) in [5, 5.41) is 0.282. The number of fused-ring (bicyclic) bond motifs is 1. The number of alkyl halides is 3. The van der Waals surface area contributed by atoms with Gasteiger partial charge in [0.15, 0.2) is 0 Å². The van der Waals surface area contributed by atoms with E-state index >= 15 is 0 Å². The van der Waals surface area contributed by atoms with E-state index in [0.29, 0.717) is 11.1 Å². The van der Waals surface area contributed by atoms with E-state index in [4.69, 9.17) is 17.3 Å². The fraction of sp³-hybridized carbons (Fsp3) is 0.176. The maximum atomic E-state index is 13.8. The van der Waals surface area contributed by atoms with E-state index < -0.39 is 17.6 Å². The molecule has 144 valence electrons. The average Bonchev–Trinajstić information content (AvgIpc) is 2.96. The minimum Gasteiger partial charge on any atom is -0.327 e. The molecule has 0 saturated carbocycles. The van der Waals surface area contributed by atoms with Crippen molar-refractivity contribution in [2.45, 2.75) is 12.7 Å². The van der Waals surface area contributed by atoms with Crippen LogP contribution in [0.15, 0.2) is 48.8 Å². The Hall–Kier alpha value is -2.16. The number of pyridine rings is 1. The molecule has 3 rings (SSSR count). The zero-order chi connectivity index (χ0) is 18.9. The lowest BCUT2D eigenvalue weighted by atomic mass is 10.0. The van der Waals surface area contributed by atoms with Gasteiger partial charge < -0.3 is 10.3 Å². The number of allylic oxidation sites excluding steroid dienone is 1. The van der Waals surface area contributed by atoms with Gasteiger partial charge in [0.05, 0.1) is 34.5 Å². The predicted molar refractivity (Wildman–Crippen MR) is 98.5 cm³/mol. The average molecular weight is 421 g/mol. The number of hydrogen-bond acceptors (Lipinski definition) is 3. The van der Waals surface area contributed by atoms with Crippen molar-refractivity contribution in [1.82, 2.24) is 14.5 Å². The van der Waals surface area contributed by atoms with Crippen LogP contribution in [-0.4, -0.2) is 21.1 Å². The van der Waals surface area contributed by atoms with Crippen LogP contribution >= 0.6 is 24.0 Å². The normalized spacial score (nSPS) is 12.3. The molecular weight excluding hydrogens is 407 g/mol. The van der Waals surface area contributed by atoms with Crippen LogP contribution in [0.4, 0.5) is 17.6 Å². The van der Waals surface area contributed by atoms with Crippen LogP contribution in [0.25, 0.3) is 22.2 Å². The van der Waals surface area contributed by atoms with E-state index in [1.165, 1.54) is 29.4 Å². The third-order valence-electron chi connectivity index (χ3n) is 3.73. The first-order chi connectivity index (χ1) is 12.3. The van der Waals surface area contributed by atoms with Crippen molar-refractivity contribution in [3.05, 3.63) is 59.4 Å². The van der Waals surface area contributed by atoms with Crippen LogP contribution in [-0.2, 0) is 12.7 Å². The van der Waals surface area contributed by atoms with Crippen molar-refractivity contribution in [3.63, 3.8) is 0 Å². The lowest BCUT2D eigenvalue weighted by molar-refractivity contribution is -0.137. The van der Waals surface area contributed by atoms with Crippen molar-refractivity contribution in [2.75, 3.05) is 6.54 Å². The van der Waals surface area contributed by atoms with Crippen molar-refractivity contribution < 1.29 is 17.6 Å². The fourth-order valence-corrected chi connectivity index (χ4v) is 2.76. The standard InChI is InChI=1S/C17H13ClF4N4.ClH/c18-12-3-10(6-24-7-12)14-4-11(17(20,21)22)5-15-16(14)25-9-26(15)8-13(19)1-2-23;/h1,3-7,9H,2,8,23H2;1H/b13-1-;. The van der Waals surface area contributed by atoms with Crippen molar-refractivity contribution >= 4 is 35.0 Å². The Bertz CT molecular complexity index is 983. The Labute approximate surface area is 163 Å². The molecular formula is C17H14Cl2F4N4. The van der Waals surface area contributed by atoms with Crippen LogP contribution < -0.4 is 5.73 Å². The second-order valence-corrected chi connectivity index (χ2v) is 5.98. The Morgan fingerprint density at radius 1 is 1.22 bits per heavy atom. The second-order valence-electron chi connectivity index (χ2n) is 5.54. The van der Waals surface area contributed by atoms with Gasteiger partial charge in [0, 0.05) is 30.1 Å². The first kappa shape index (κ1) is 21.1. The molecule has 0 bridgehead atoms. The summed E-state index contributed by atoms with van der Waals surface area (Å²) in [6.07, 6.45) is 0.642. The molecule has 0 unspecified atom stereocenters. The Morgan fingerprint density at radius 2 is 1.96 bits per heavy atom. The number of benzene rings is 1. The summed E-state index contributed by atoms with van der Waals surface area (Å²) < 4.78 is 55.1. The monoisotopic (exact) mass is 420 g/mol. The first-order valence-corrected chi connectivity index (χ1v) is 7.89. The van der Waals surface area contributed by atoms with Gasteiger partial charge in [0.2, 0.25) is 0 Å². The van der Waals surface area contributed by atoms with Crippen LogP contribution in [0.1, 0.15) is 5.56 Å². The molecule has 4 nitrogen and oxygen atoms in total. The fourth-order valence-electron chi connectivity index (χ4n) is 2.59. The molecule has 0 spiro atoms. The van der Waals surface area contributed by atoms with Gasteiger partial charge in [0.25, 0.3) is 0 Å². The summed E-state index contributed by atoms with van der Waals surface area (Å²) in [6, 6.07) is 3.43. The summed E-state index contributed by atoms with van der Waals surface area (Å²) in [7, 11) is 0. The molecule has 2 heterocycles. The smallest absolute Gasteiger partial charge is 0.327 e. The molecule has 1 aromatic carbocycles. The predicted octanol–water partition coefficient (Wildman–Crippen LogP) is 5.00. The molecule has 0 aliphatic carbocycles. The molecule has 2 aromatic heterocycles. The van der Waals surface area contributed by atoms with Gasteiger partial charge in [-0.05, 0) is 24.3 Å². The van der Waals surface area contributed by atoms with E-state index in [2.05, 4.69) is 9.97 Å². The zero-order valence-corrected chi connectivity index (χ0v) is 15.2. The van der Waals surface area contributed by atoms with Crippen LogP contribution in [0, 0.1) is 0 Å². The van der Waals surface area contributed by atoms with Crippen LogP contribution in [0.5, 0.6) is 0 Å². The van der Waals surface area contributed by atoms with E-state index in [0.717, 1.165) is 18.2 Å². The van der Waals surface area contributed by atoms with Crippen molar-refractivity contribution in [3.8, 4) is 11.1 Å². The summed E-state index contributed by atoms with van der Waals surface area (Å²) in [4.78, 5) is 8.07. The van der Waals surface area contributed by atoms with Gasteiger partial charge in [-0.3, -0.25) is 4.98 Å². The summed E-state index contributed by atoms with van der Waals surface area (Å²) in [5.74, 6) is -0.560. The van der Waals surface area contributed by atoms with Gasteiger partial charge >= 0.3 is 6.18 Å². The Morgan fingerprint density at radius 3 is 2.59 bits per heavy atom. The molecule has 0 amide bonds. The highest BCUT2D eigenvalue weighted by Gasteiger charge is 2.32. The van der Waals surface area contributed by atoms with Crippen molar-refractivity contribution in [2.24, 2.45) is 5.73 Å². The SMILES string of the molecule is Cl.NC/C=C(\F)Cn1cnc2c(-c3cncc(Cl)c3)cc(C(F)(F)F)cc21. The zero-order valence-electron chi connectivity index (χ0n) is 13.7. The number of nitrogens with two attached hydrogens (primary N) is 1. The third-order valence-corrected chi connectivity index (χ3v) is 3.94. The summed E-state index contributed by atoms with van der Waals surface area (Å²) >= 11 is 5.91. The lowest BCUT2D eigenvalue weighted by Gasteiger charge is -2.12. The molecule has 2 N–H and O–H groups in total. The maximum absolute atomic E-state index is 13.8. The largest absolute Gasteiger partial charge is 0.416 e. The van der Waals surface area contributed by atoms with Crippen LogP contribution in [0.2, 0.25) is 5.02 Å². The molecule has 3 aromatic rings. The number of nitrogens with zero attached hydrogens (tertiary/aromatic N) is 3. The molecule has 0 aliphatic rings. The third kappa shape index (κ3) is 4.58. The molecule has 0 fully saturated rings. The maximum Gasteiger partial charge on any atom is 0.416 e. The Balaban J connectivity index is 0.00000261. The van der Waals surface area contributed by atoms with E-state index in [1.54, 1.807) is 0 Å². The minimum absolute atomic E-state index is 0. The van der Waals surface area contributed by atoms with Crippen molar-refractivity contribution in [1.29, 1.82) is 0 Å². The molecule has 0 aliphatic heterocycles. The topological polar surface area (TPSA) is 56.7 Å². The highest BCUT2D eigenvalue weighted by molar-refractivity contribution is 6.30. The number of rotatable bonds is 4. The summed E-state index contributed by atoms with van der Waals surface area (Å²) in [5.41, 5.74) is 5.43. The number of imidazole rings is 1. The van der Waals surface area contributed by atoms with Gasteiger partial charge in [-0.2, -0.15) is 13.2 Å². The molecule has 0 atom stereocenters. The summed E-state index contributed by atoms with van der Waals surface area (Å²) in [6.45, 7) is -0.270. The minimum atomic E-state index is -4.57. The first-order valence-electron chi connectivity index (χ1n) is 7.51. The van der Waals surface area contributed by atoms with Gasteiger partial charge in [0.1, 0.15) is 5.83 Å². The number of aromatic nitrogens is 3. The highest BCUT2D eigenvalue weighted by Crippen LogP contribution is 2.37. The molecule has 0 saturated heterocycles. The van der Waals surface area contributed by atoms with Gasteiger partial charge in [-0.15, -0.1) is 12.4 Å².